The highest BCUT2D eigenvalue weighted by atomic mass is 16.3. The van der Waals surface area contributed by atoms with Gasteiger partial charge in [0, 0.05) is 0 Å². The predicted octanol–water partition coefficient (Wildman–Crippen LogP) is 1.02. The van der Waals surface area contributed by atoms with Crippen LogP contribution in [0.15, 0.2) is 35.4 Å². The second kappa shape index (κ2) is 3.82. The maximum Gasteiger partial charge on any atom is 0.162 e. The lowest BCUT2D eigenvalue weighted by atomic mass is 10.1. The maximum atomic E-state index is 10.7. The molecule has 0 fully saturated rings. The summed E-state index contributed by atoms with van der Waals surface area (Å²) in [5.41, 5.74) is 1.43. The van der Waals surface area contributed by atoms with Crippen molar-refractivity contribution in [3.8, 4) is 0 Å². The molecular weight excluding hydrogens is 192 g/mol. The van der Waals surface area contributed by atoms with E-state index in [-0.39, 0.29) is 0 Å². The van der Waals surface area contributed by atoms with Gasteiger partial charge in [-0.2, -0.15) is 5.10 Å². The topological polar surface area (TPSA) is 52.9 Å². The Hall–Kier alpha value is -1.68. The van der Waals surface area contributed by atoms with Crippen LogP contribution in [0.2, 0.25) is 0 Å². The molecule has 0 aromatic heterocycles. The third-order valence-corrected chi connectivity index (χ3v) is 2.49. The standard InChI is InChI=1S/C11H12N2O2/c1-8-10(7-14)11(15)13(12-8)9-5-3-2-4-6-9/h2-7,10-11,15H,1H3. The van der Waals surface area contributed by atoms with Crippen LogP contribution >= 0.6 is 0 Å². The van der Waals surface area contributed by atoms with Crippen LogP contribution < -0.4 is 5.01 Å². The third kappa shape index (κ3) is 1.64. The van der Waals surface area contributed by atoms with E-state index in [1.54, 1.807) is 6.92 Å². The molecule has 0 radical (unpaired) electrons. The minimum atomic E-state index is -0.884. The van der Waals surface area contributed by atoms with Crippen LogP contribution in [0, 0.1) is 5.92 Å². The molecule has 1 aliphatic rings. The van der Waals surface area contributed by atoms with Crippen LogP contribution in [-0.2, 0) is 4.79 Å². The molecule has 2 unspecified atom stereocenters. The Bertz CT molecular complexity index is 389. The summed E-state index contributed by atoms with van der Waals surface area (Å²) in [6.07, 6.45) is -0.156. The van der Waals surface area contributed by atoms with Gasteiger partial charge in [-0.1, -0.05) is 18.2 Å². The molecule has 0 bridgehead atoms. The molecular formula is C11H12N2O2. The molecule has 1 aromatic rings. The number of para-hydroxylation sites is 1. The van der Waals surface area contributed by atoms with E-state index in [2.05, 4.69) is 5.10 Å². The van der Waals surface area contributed by atoms with Gasteiger partial charge >= 0.3 is 0 Å². The summed E-state index contributed by atoms with van der Waals surface area (Å²) in [6.45, 7) is 1.74. The Morgan fingerprint density at radius 3 is 2.60 bits per heavy atom. The van der Waals surface area contributed by atoms with E-state index >= 15 is 0 Å². The molecule has 2 atom stereocenters. The van der Waals surface area contributed by atoms with Crippen molar-refractivity contribution in [2.75, 3.05) is 5.01 Å². The van der Waals surface area contributed by atoms with Crippen LogP contribution in [-0.4, -0.2) is 23.3 Å². The Labute approximate surface area is 87.8 Å². The van der Waals surface area contributed by atoms with Crippen molar-refractivity contribution in [1.29, 1.82) is 0 Å². The van der Waals surface area contributed by atoms with E-state index in [0.29, 0.717) is 5.71 Å². The number of anilines is 1. The van der Waals surface area contributed by atoms with Crippen LogP contribution in [0.4, 0.5) is 5.69 Å². The third-order valence-electron chi connectivity index (χ3n) is 2.49. The van der Waals surface area contributed by atoms with Crippen molar-refractivity contribution < 1.29 is 9.90 Å². The molecule has 1 aromatic carbocycles. The first-order chi connectivity index (χ1) is 7.24. The highest BCUT2D eigenvalue weighted by Crippen LogP contribution is 2.25. The summed E-state index contributed by atoms with van der Waals surface area (Å²) in [5, 5.41) is 15.5. The second-order valence-electron chi connectivity index (χ2n) is 3.50. The van der Waals surface area contributed by atoms with Crippen molar-refractivity contribution in [2.45, 2.75) is 13.2 Å². The largest absolute Gasteiger partial charge is 0.371 e. The van der Waals surface area contributed by atoms with E-state index < -0.39 is 12.1 Å². The van der Waals surface area contributed by atoms with Crippen LogP contribution in [0.25, 0.3) is 0 Å². The molecule has 0 saturated carbocycles. The summed E-state index contributed by atoms with van der Waals surface area (Å²) in [5.74, 6) is -0.523. The minimum Gasteiger partial charge on any atom is -0.371 e. The number of carbonyl (C=O) groups is 1. The number of benzene rings is 1. The molecule has 0 amide bonds. The van der Waals surface area contributed by atoms with Gasteiger partial charge in [0.15, 0.2) is 6.23 Å². The summed E-state index contributed by atoms with van der Waals surface area (Å²) in [4.78, 5) is 10.7. The molecule has 15 heavy (non-hydrogen) atoms. The Kier molecular flexibility index (Phi) is 2.51. The minimum absolute atomic E-state index is 0.523. The van der Waals surface area contributed by atoms with Gasteiger partial charge in [-0.15, -0.1) is 0 Å². The van der Waals surface area contributed by atoms with Gasteiger partial charge < -0.3 is 9.90 Å². The van der Waals surface area contributed by atoms with Gasteiger partial charge in [0.2, 0.25) is 0 Å². The quantitative estimate of drug-likeness (QED) is 0.732. The average Bonchev–Trinajstić information content (AvgIpc) is 2.55. The SMILES string of the molecule is CC1=NN(c2ccccc2)C(O)C1C=O. The molecule has 4 nitrogen and oxygen atoms in total. The normalized spacial score (nSPS) is 25.2. The number of nitrogens with zero attached hydrogens (tertiary/aromatic N) is 2. The van der Waals surface area contributed by atoms with Crippen LogP contribution in [0.3, 0.4) is 0 Å². The van der Waals surface area contributed by atoms with Crippen molar-refractivity contribution in [1.82, 2.24) is 0 Å². The fraction of sp³-hybridized carbons (Fsp3) is 0.273. The number of aldehydes is 1. The predicted molar refractivity (Wildman–Crippen MR) is 57.6 cm³/mol. The molecule has 0 spiro atoms. The van der Waals surface area contributed by atoms with Gasteiger partial charge in [-0.05, 0) is 19.1 Å². The molecule has 1 aliphatic heterocycles. The number of rotatable bonds is 2. The molecule has 0 aliphatic carbocycles. The number of hydrazone groups is 1. The number of hydrogen-bond acceptors (Lipinski definition) is 4. The maximum absolute atomic E-state index is 10.7. The van der Waals surface area contributed by atoms with E-state index in [0.717, 1.165) is 12.0 Å². The van der Waals surface area contributed by atoms with Crippen LogP contribution in [0.1, 0.15) is 6.92 Å². The smallest absolute Gasteiger partial charge is 0.162 e. The van der Waals surface area contributed by atoms with Crippen molar-refractivity contribution in [3.63, 3.8) is 0 Å². The van der Waals surface area contributed by atoms with Crippen molar-refractivity contribution in [3.05, 3.63) is 30.3 Å². The van der Waals surface area contributed by atoms with E-state index in [9.17, 15) is 9.90 Å². The zero-order chi connectivity index (χ0) is 10.8. The Balaban J connectivity index is 2.30. The Morgan fingerprint density at radius 1 is 1.40 bits per heavy atom. The van der Waals surface area contributed by atoms with E-state index in [1.807, 2.05) is 30.3 Å². The first-order valence-corrected chi connectivity index (χ1v) is 4.77. The molecule has 4 heteroatoms. The van der Waals surface area contributed by atoms with Crippen molar-refractivity contribution >= 4 is 17.7 Å². The zero-order valence-corrected chi connectivity index (χ0v) is 8.37. The van der Waals surface area contributed by atoms with E-state index in [1.165, 1.54) is 5.01 Å². The molecule has 0 saturated heterocycles. The monoisotopic (exact) mass is 204 g/mol. The lowest BCUT2D eigenvalue weighted by molar-refractivity contribution is -0.111. The Morgan fingerprint density at radius 2 is 2.07 bits per heavy atom. The van der Waals surface area contributed by atoms with Crippen molar-refractivity contribution in [2.24, 2.45) is 11.0 Å². The summed E-state index contributed by atoms with van der Waals surface area (Å²) < 4.78 is 0. The molecule has 78 valence electrons. The zero-order valence-electron chi connectivity index (χ0n) is 8.37. The number of carbonyl (C=O) groups excluding carboxylic acids is 1. The number of hydrogen-bond donors (Lipinski definition) is 1. The molecule has 1 N–H and O–H groups in total. The fourth-order valence-electron chi connectivity index (χ4n) is 1.62. The lowest BCUT2D eigenvalue weighted by Crippen LogP contribution is -2.33. The summed E-state index contributed by atoms with van der Waals surface area (Å²) in [6, 6.07) is 9.29. The van der Waals surface area contributed by atoms with Gasteiger partial charge in [0.05, 0.1) is 11.4 Å². The van der Waals surface area contributed by atoms with Gasteiger partial charge in [-0.25, -0.2) is 5.01 Å². The first-order valence-electron chi connectivity index (χ1n) is 4.77. The summed E-state index contributed by atoms with van der Waals surface area (Å²) >= 11 is 0. The van der Waals surface area contributed by atoms with Gasteiger partial charge in [0.25, 0.3) is 0 Å². The lowest BCUT2D eigenvalue weighted by Gasteiger charge is -2.20. The highest BCUT2D eigenvalue weighted by molar-refractivity contribution is 5.99. The highest BCUT2D eigenvalue weighted by Gasteiger charge is 2.33. The number of aliphatic hydroxyl groups excluding tert-OH is 1. The fourth-order valence-corrected chi connectivity index (χ4v) is 1.62. The van der Waals surface area contributed by atoms with E-state index in [4.69, 9.17) is 0 Å². The van der Waals surface area contributed by atoms with Gasteiger partial charge in [0.1, 0.15) is 12.2 Å². The molecule has 1 heterocycles. The number of aliphatic hydroxyl groups is 1. The average molecular weight is 204 g/mol. The summed E-state index contributed by atoms with van der Waals surface area (Å²) in [7, 11) is 0. The van der Waals surface area contributed by atoms with Gasteiger partial charge in [-0.3, -0.25) is 0 Å². The van der Waals surface area contributed by atoms with Crippen LogP contribution in [0.5, 0.6) is 0 Å². The first kappa shape index (κ1) is 9.86. The molecule has 2 rings (SSSR count). The second-order valence-corrected chi connectivity index (χ2v) is 3.50.